The van der Waals surface area contributed by atoms with E-state index >= 15 is 0 Å². The summed E-state index contributed by atoms with van der Waals surface area (Å²) in [4.78, 5) is 23.2. The average molecular weight is 379 g/mol. The van der Waals surface area contributed by atoms with E-state index in [4.69, 9.17) is 0 Å². The number of nitrogens with one attached hydrogen (secondary N) is 1. The number of non-ortho nitro benzene ring substituents is 1. The van der Waals surface area contributed by atoms with Crippen molar-refractivity contribution in [1.82, 2.24) is 4.57 Å². The zero-order chi connectivity index (χ0) is 19.0. The number of anilines is 1. The molecule has 4 rings (SSSR count). The summed E-state index contributed by atoms with van der Waals surface area (Å²) in [7, 11) is 1.80. The van der Waals surface area contributed by atoms with Gasteiger partial charge in [-0.1, -0.05) is 30.3 Å². The lowest BCUT2D eigenvalue weighted by Crippen LogP contribution is -2.15. The molecule has 0 unspecified atom stereocenters. The van der Waals surface area contributed by atoms with Gasteiger partial charge in [-0.15, -0.1) is 21.5 Å². The second-order valence-electron chi connectivity index (χ2n) is 5.82. The smallest absolute Gasteiger partial charge is 0.276 e. The van der Waals surface area contributed by atoms with Crippen LogP contribution in [0.3, 0.4) is 0 Å². The number of benzene rings is 2. The van der Waals surface area contributed by atoms with Crippen molar-refractivity contribution in [3.8, 4) is 11.3 Å². The minimum Gasteiger partial charge on any atom is -0.320 e. The Morgan fingerprint density at radius 2 is 1.96 bits per heavy atom. The Balaban J connectivity index is 1.74. The number of rotatable bonds is 3. The summed E-state index contributed by atoms with van der Waals surface area (Å²) in [5.74, 6) is -0.293. The fraction of sp³-hybridized carbons (Fsp3) is 0.0556. The van der Waals surface area contributed by atoms with Gasteiger partial charge >= 0.3 is 0 Å². The molecule has 0 fully saturated rings. The molecule has 0 radical (unpaired) electrons. The highest BCUT2D eigenvalue weighted by atomic mass is 32.1. The van der Waals surface area contributed by atoms with E-state index in [1.165, 1.54) is 23.5 Å². The first kappa shape index (κ1) is 16.9. The van der Waals surface area contributed by atoms with Gasteiger partial charge in [0.1, 0.15) is 0 Å². The van der Waals surface area contributed by atoms with Gasteiger partial charge < -0.3 is 9.88 Å². The maximum absolute atomic E-state index is 12.1. The largest absolute Gasteiger partial charge is 0.320 e. The number of nitrogens with zero attached hydrogens (tertiary/aromatic N) is 4. The molecule has 2 aromatic carbocycles. The summed E-state index contributed by atoms with van der Waals surface area (Å²) in [5.41, 5.74) is 3.20. The molecule has 0 spiro atoms. The first-order chi connectivity index (χ1) is 13.0. The summed E-state index contributed by atoms with van der Waals surface area (Å²) < 4.78 is 1.78. The van der Waals surface area contributed by atoms with Crippen LogP contribution < -0.4 is 10.1 Å². The van der Waals surface area contributed by atoms with Crippen molar-refractivity contribution in [3.05, 3.63) is 74.4 Å². The molecule has 0 bridgehead atoms. The van der Waals surface area contributed by atoms with E-state index in [0.29, 0.717) is 21.6 Å². The fourth-order valence-electron chi connectivity index (χ4n) is 2.80. The van der Waals surface area contributed by atoms with Crippen LogP contribution in [0.1, 0.15) is 5.56 Å². The number of carbonyl (C=O) groups is 1. The van der Waals surface area contributed by atoms with E-state index in [9.17, 15) is 14.9 Å². The van der Waals surface area contributed by atoms with E-state index < -0.39 is 4.92 Å². The third kappa shape index (κ3) is 3.04. The maximum atomic E-state index is 12.1. The average Bonchev–Trinajstić information content (AvgIpc) is 3.19. The standard InChI is InChI=1S/C18H13N5O3S/c1-22-15(11-5-4-6-12(9-11)23(25)26)10-27-18(22)21-20-16-13-7-2-3-8-14(13)19-17(16)24/h2-10H,1H3,(H,19,20,24)/b21-18-. The van der Waals surface area contributed by atoms with Gasteiger partial charge in [0.15, 0.2) is 5.71 Å². The molecular formula is C18H13N5O3S. The van der Waals surface area contributed by atoms with Crippen molar-refractivity contribution < 1.29 is 9.72 Å². The first-order valence-corrected chi connectivity index (χ1v) is 8.84. The van der Waals surface area contributed by atoms with Crippen LogP contribution in [0, 0.1) is 10.1 Å². The minimum absolute atomic E-state index is 0.0247. The molecule has 1 amide bonds. The van der Waals surface area contributed by atoms with Gasteiger partial charge in [0, 0.05) is 35.7 Å². The summed E-state index contributed by atoms with van der Waals surface area (Å²) in [6.07, 6.45) is 0. The summed E-state index contributed by atoms with van der Waals surface area (Å²) in [5, 5.41) is 23.9. The lowest BCUT2D eigenvalue weighted by atomic mass is 10.1. The summed E-state index contributed by atoms with van der Waals surface area (Å²) in [6.45, 7) is 0. The summed E-state index contributed by atoms with van der Waals surface area (Å²) in [6, 6.07) is 13.7. The number of fused-ring (bicyclic) bond motifs is 1. The van der Waals surface area contributed by atoms with Gasteiger partial charge in [-0.2, -0.15) is 0 Å². The number of aromatic nitrogens is 1. The second kappa shape index (κ2) is 6.61. The molecule has 3 aromatic rings. The van der Waals surface area contributed by atoms with Crippen LogP contribution in [0.2, 0.25) is 0 Å². The highest BCUT2D eigenvalue weighted by Crippen LogP contribution is 2.24. The van der Waals surface area contributed by atoms with Gasteiger partial charge in [-0.05, 0) is 6.07 Å². The van der Waals surface area contributed by atoms with E-state index in [1.807, 2.05) is 23.6 Å². The highest BCUT2D eigenvalue weighted by molar-refractivity contribution is 7.07. The number of hydrogen-bond donors (Lipinski definition) is 1. The van der Waals surface area contributed by atoms with E-state index in [1.54, 1.807) is 29.8 Å². The number of nitro benzene ring substituents is 1. The Morgan fingerprint density at radius 3 is 2.78 bits per heavy atom. The predicted molar refractivity (Wildman–Crippen MR) is 103 cm³/mol. The molecule has 1 aliphatic heterocycles. The van der Waals surface area contributed by atoms with Crippen molar-refractivity contribution in [1.29, 1.82) is 0 Å². The van der Waals surface area contributed by atoms with Crippen LogP contribution in [0.4, 0.5) is 11.4 Å². The van der Waals surface area contributed by atoms with Gasteiger partial charge in [-0.3, -0.25) is 14.9 Å². The molecular weight excluding hydrogens is 366 g/mol. The molecule has 134 valence electrons. The number of thiazole rings is 1. The first-order valence-electron chi connectivity index (χ1n) is 7.96. The van der Waals surface area contributed by atoms with E-state index in [-0.39, 0.29) is 17.3 Å². The molecule has 27 heavy (non-hydrogen) atoms. The predicted octanol–water partition coefficient (Wildman–Crippen LogP) is 2.92. The zero-order valence-corrected chi connectivity index (χ0v) is 14.9. The van der Waals surface area contributed by atoms with Crippen molar-refractivity contribution in [2.24, 2.45) is 17.3 Å². The third-order valence-corrected chi connectivity index (χ3v) is 5.07. The molecule has 0 saturated heterocycles. The molecule has 9 heteroatoms. The Kier molecular flexibility index (Phi) is 4.13. The molecule has 1 aliphatic rings. The Labute approximate surface area is 157 Å². The Morgan fingerprint density at radius 1 is 1.15 bits per heavy atom. The molecule has 1 N–H and O–H groups in total. The summed E-state index contributed by atoms with van der Waals surface area (Å²) >= 11 is 1.34. The van der Waals surface area contributed by atoms with Gasteiger partial charge in [0.05, 0.1) is 16.3 Å². The van der Waals surface area contributed by atoms with Gasteiger partial charge in [0.25, 0.3) is 11.6 Å². The quantitative estimate of drug-likeness (QED) is 0.559. The van der Waals surface area contributed by atoms with Crippen LogP contribution in [-0.2, 0) is 11.8 Å². The van der Waals surface area contributed by atoms with E-state index in [2.05, 4.69) is 15.5 Å². The second-order valence-corrected chi connectivity index (χ2v) is 6.65. The highest BCUT2D eigenvalue weighted by Gasteiger charge is 2.25. The molecule has 2 heterocycles. The van der Waals surface area contributed by atoms with Gasteiger partial charge in [0.2, 0.25) is 4.80 Å². The lowest BCUT2D eigenvalue weighted by Gasteiger charge is -2.02. The fourth-order valence-corrected chi connectivity index (χ4v) is 3.65. The third-order valence-electron chi connectivity index (χ3n) is 4.16. The van der Waals surface area contributed by atoms with Crippen LogP contribution >= 0.6 is 11.3 Å². The topological polar surface area (TPSA) is 102 Å². The SMILES string of the molecule is Cn1c(-c2cccc([N+](=O)[O-])c2)cs/c1=N\N=C1\C(=O)Nc2ccccc21. The van der Waals surface area contributed by atoms with Crippen molar-refractivity contribution in [2.75, 3.05) is 5.32 Å². The van der Waals surface area contributed by atoms with Crippen molar-refractivity contribution >= 4 is 34.3 Å². The lowest BCUT2D eigenvalue weighted by molar-refractivity contribution is -0.384. The van der Waals surface area contributed by atoms with Gasteiger partial charge in [-0.25, -0.2) is 0 Å². The van der Waals surface area contributed by atoms with E-state index in [0.717, 1.165) is 5.69 Å². The maximum Gasteiger partial charge on any atom is 0.276 e. The van der Waals surface area contributed by atoms with Crippen LogP contribution in [0.25, 0.3) is 11.3 Å². The number of para-hydroxylation sites is 1. The van der Waals surface area contributed by atoms with Crippen molar-refractivity contribution in [2.45, 2.75) is 0 Å². The normalized spacial score (nSPS) is 15.1. The Hall–Kier alpha value is -3.59. The molecule has 1 aromatic heterocycles. The molecule has 0 saturated carbocycles. The Bertz CT molecular complexity index is 1180. The molecule has 8 nitrogen and oxygen atoms in total. The number of amides is 1. The number of carbonyl (C=O) groups excluding carboxylic acids is 1. The number of nitro groups is 1. The monoisotopic (exact) mass is 379 g/mol. The minimum atomic E-state index is -0.427. The molecule has 0 aliphatic carbocycles. The van der Waals surface area contributed by atoms with Crippen LogP contribution in [0.15, 0.2) is 64.1 Å². The van der Waals surface area contributed by atoms with Crippen LogP contribution in [-0.4, -0.2) is 21.1 Å². The zero-order valence-electron chi connectivity index (χ0n) is 14.1. The molecule has 0 atom stereocenters. The van der Waals surface area contributed by atoms with Crippen LogP contribution in [0.5, 0.6) is 0 Å². The number of hydrogen-bond acceptors (Lipinski definition) is 6. The van der Waals surface area contributed by atoms with Crippen molar-refractivity contribution in [3.63, 3.8) is 0 Å².